The lowest BCUT2D eigenvalue weighted by Crippen LogP contribution is -2.36. The molecule has 4 rings (SSSR count). The minimum atomic E-state index is 0.351. The van der Waals surface area contributed by atoms with E-state index < -0.39 is 0 Å². The van der Waals surface area contributed by atoms with Crippen LogP contribution in [0.2, 0.25) is 0 Å². The smallest absolute Gasteiger partial charge is 0.132 e. The van der Waals surface area contributed by atoms with Crippen molar-refractivity contribution in [2.45, 2.75) is 63.5 Å². The van der Waals surface area contributed by atoms with Crippen molar-refractivity contribution in [3.63, 3.8) is 0 Å². The quantitative estimate of drug-likeness (QED) is 0.926. The van der Waals surface area contributed by atoms with Gasteiger partial charge in [-0.1, -0.05) is 0 Å². The first-order chi connectivity index (χ1) is 12.1. The molecule has 1 aliphatic carbocycles. The van der Waals surface area contributed by atoms with E-state index in [1.54, 1.807) is 6.33 Å². The van der Waals surface area contributed by atoms with Gasteiger partial charge in [0, 0.05) is 61.2 Å². The Bertz CT molecular complexity index is 710. The second-order valence-corrected chi connectivity index (χ2v) is 7.78. The highest BCUT2D eigenvalue weighted by Gasteiger charge is 2.30. The number of nitrogens with zero attached hydrogens (tertiary/aromatic N) is 5. The molecule has 6 nitrogen and oxygen atoms in total. The Morgan fingerprint density at radius 3 is 2.52 bits per heavy atom. The fourth-order valence-corrected chi connectivity index (χ4v) is 4.11. The molecule has 1 saturated heterocycles. The standard InChI is InChI=1S/C19H28N6/c1-13(2)25-8-5-21-19(25)14-3-6-24(7-4-14)18-11-17(22-12-23-18)15-9-16(20)10-15/h5,8,11-16H,3-4,6-7,9-10,20H2,1-2H3. The molecule has 0 atom stereocenters. The van der Waals surface area contributed by atoms with E-state index in [0.29, 0.717) is 23.9 Å². The average molecular weight is 340 g/mol. The summed E-state index contributed by atoms with van der Waals surface area (Å²) in [4.78, 5) is 16.0. The average Bonchev–Trinajstić information content (AvgIpc) is 3.09. The van der Waals surface area contributed by atoms with E-state index in [4.69, 9.17) is 5.73 Å². The molecule has 0 aromatic carbocycles. The summed E-state index contributed by atoms with van der Waals surface area (Å²) in [6.45, 7) is 6.48. The number of imidazole rings is 1. The number of rotatable bonds is 4. The molecule has 0 unspecified atom stereocenters. The molecule has 2 aromatic rings. The van der Waals surface area contributed by atoms with Gasteiger partial charge in [0.15, 0.2) is 0 Å². The second kappa shape index (κ2) is 6.75. The van der Waals surface area contributed by atoms with E-state index in [1.165, 1.54) is 5.82 Å². The van der Waals surface area contributed by atoms with Crippen LogP contribution in [-0.2, 0) is 0 Å². The lowest BCUT2D eigenvalue weighted by molar-refractivity contribution is 0.345. The molecule has 25 heavy (non-hydrogen) atoms. The summed E-state index contributed by atoms with van der Waals surface area (Å²) < 4.78 is 2.31. The summed E-state index contributed by atoms with van der Waals surface area (Å²) in [7, 11) is 0. The lowest BCUT2D eigenvalue weighted by Gasteiger charge is -2.35. The van der Waals surface area contributed by atoms with Gasteiger partial charge in [0.05, 0.1) is 0 Å². The van der Waals surface area contributed by atoms with Gasteiger partial charge in [0.25, 0.3) is 0 Å². The largest absolute Gasteiger partial charge is 0.356 e. The van der Waals surface area contributed by atoms with Crippen molar-refractivity contribution in [2.75, 3.05) is 18.0 Å². The van der Waals surface area contributed by atoms with Crippen LogP contribution in [0.4, 0.5) is 5.82 Å². The summed E-state index contributed by atoms with van der Waals surface area (Å²) in [6.07, 6.45) is 10.1. The van der Waals surface area contributed by atoms with Gasteiger partial charge in [0.2, 0.25) is 0 Å². The zero-order valence-electron chi connectivity index (χ0n) is 15.2. The van der Waals surface area contributed by atoms with Crippen LogP contribution in [0.3, 0.4) is 0 Å². The summed E-state index contributed by atoms with van der Waals surface area (Å²) in [5.41, 5.74) is 7.08. The highest BCUT2D eigenvalue weighted by molar-refractivity contribution is 5.41. The first-order valence-corrected chi connectivity index (χ1v) is 9.47. The topological polar surface area (TPSA) is 72.9 Å². The van der Waals surface area contributed by atoms with Gasteiger partial charge in [-0.25, -0.2) is 15.0 Å². The molecule has 0 spiro atoms. The van der Waals surface area contributed by atoms with Crippen LogP contribution in [0, 0.1) is 0 Å². The van der Waals surface area contributed by atoms with Crippen LogP contribution in [-0.4, -0.2) is 38.7 Å². The van der Waals surface area contributed by atoms with E-state index in [9.17, 15) is 0 Å². The molecule has 1 aliphatic heterocycles. The molecule has 0 radical (unpaired) electrons. The molecule has 2 aliphatic rings. The molecule has 3 heterocycles. The third-order valence-electron chi connectivity index (χ3n) is 5.71. The predicted molar refractivity (Wildman–Crippen MR) is 98.8 cm³/mol. The Morgan fingerprint density at radius 2 is 1.84 bits per heavy atom. The van der Waals surface area contributed by atoms with Crippen LogP contribution in [0.5, 0.6) is 0 Å². The Morgan fingerprint density at radius 1 is 1.08 bits per heavy atom. The van der Waals surface area contributed by atoms with Crippen LogP contribution in [0.25, 0.3) is 0 Å². The number of anilines is 1. The Balaban J connectivity index is 1.42. The molecule has 2 fully saturated rings. The maximum Gasteiger partial charge on any atom is 0.132 e. The Kier molecular flexibility index (Phi) is 4.46. The fourth-order valence-electron chi connectivity index (χ4n) is 4.11. The van der Waals surface area contributed by atoms with Gasteiger partial charge < -0.3 is 15.2 Å². The van der Waals surface area contributed by atoms with E-state index in [-0.39, 0.29) is 0 Å². The van der Waals surface area contributed by atoms with Crippen LogP contribution in [0.15, 0.2) is 24.8 Å². The van der Waals surface area contributed by atoms with Crippen molar-refractivity contribution in [3.8, 4) is 0 Å². The van der Waals surface area contributed by atoms with Crippen LogP contribution < -0.4 is 10.6 Å². The molecule has 134 valence electrons. The normalized spacial score (nSPS) is 24.6. The SMILES string of the molecule is CC(C)n1ccnc1C1CCN(c2cc(C3CC(N)C3)ncn2)CC1. The number of hydrogen-bond acceptors (Lipinski definition) is 5. The third-order valence-corrected chi connectivity index (χ3v) is 5.71. The van der Waals surface area contributed by atoms with Crippen molar-refractivity contribution in [3.05, 3.63) is 36.3 Å². The Hall–Kier alpha value is -1.95. The van der Waals surface area contributed by atoms with Crippen LogP contribution in [0.1, 0.15) is 68.9 Å². The maximum atomic E-state index is 5.92. The number of nitrogens with two attached hydrogens (primary N) is 1. The first kappa shape index (κ1) is 16.5. The van der Waals surface area contributed by atoms with Crippen molar-refractivity contribution in [1.82, 2.24) is 19.5 Å². The van der Waals surface area contributed by atoms with Crippen molar-refractivity contribution in [2.24, 2.45) is 5.73 Å². The van der Waals surface area contributed by atoms with Gasteiger partial charge >= 0.3 is 0 Å². The van der Waals surface area contributed by atoms with Crippen molar-refractivity contribution < 1.29 is 0 Å². The molecule has 6 heteroatoms. The van der Waals surface area contributed by atoms with Gasteiger partial charge in [-0.05, 0) is 39.5 Å². The first-order valence-electron chi connectivity index (χ1n) is 9.47. The van der Waals surface area contributed by atoms with Crippen molar-refractivity contribution in [1.29, 1.82) is 0 Å². The van der Waals surface area contributed by atoms with E-state index >= 15 is 0 Å². The van der Waals surface area contributed by atoms with Gasteiger partial charge in [-0.15, -0.1) is 0 Å². The molecular weight excluding hydrogens is 312 g/mol. The van der Waals surface area contributed by atoms with Crippen molar-refractivity contribution >= 4 is 5.82 Å². The maximum absolute atomic E-state index is 5.92. The van der Waals surface area contributed by atoms with Gasteiger partial charge in [-0.2, -0.15) is 0 Å². The fraction of sp³-hybridized carbons (Fsp3) is 0.632. The minimum Gasteiger partial charge on any atom is -0.356 e. The highest BCUT2D eigenvalue weighted by atomic mass is 15.2. The number of piperidine rings is 1. The molecule has 2 aromatic heterocycles. The summed E-state index contributed by atoms with van der Waals surface area (Å²) in [6, 6.07) is 2.99. The molecule has 0 bridgehead atoms. The zero-order valence-corrected chi connectivity index (χ0v) is 15.2. The summed E-state index contributed by atoms with van der Waals surface area (Å²) in [5.74, 6) is 3.37. The zero-order chi connectivity index (χ0) is 17.4. The minimum absolute atomic E-state index is 0.351. The van der Waals surface area contributed by atoms with Gasteiger partial charge in [-0.3, -0.25) is 0 Å². The summed E-state index contributed by atoms with van der Waals surface area (Å²) >= 11 is 0. The number of hydrogen-bond donors (Lipinski definition) is 1. The third kappa shape index (κ3) is 3.27. The molecule has 2 N–H and O–H groups in total. The van der Waals surface area contributed by atoms with E-state index in [2.05, 4.69) is 50.5 Å². The molecule has 1 saturated carbocycles. The summed E-state index contributed by atoms with van der Waals surface area (Å²) in [5, 5.41) is 0. The van der Waals surface area contributed by atoms with E-state index in [1.807, 2.05) is 6.20 Å². The second-order valence-electron chi connectivity index (χ2n) is 7.78. The lowest BCUT2D eigenvalue weighted by atomic mass is 9.78. The monoisotopic (exact) mass is 340 g/mol. The highest BCUT2D eigenvalue weighted by Crippen LogP contribution is 2.36. The molecular formula is C19H28N6. The van der Waals surface area contributed by atoms with Crippen LogP contribution >= 0.6 is 0 Å². The van der Waals surface area contributed by atoms with E-state index in [0.717, 1.165) is 50.3 Å². The molecule has 0 amide bonds. The predicted octanol–water partition coefficient (Wildman–Crippen LogP) is 2.84. The van der Waals surface area contributed by atoms with Gasteiger partial charge in [0.1, 0.15) is 18.0 Å². The number of aromatic nitrogens is 4. The Labute approximate surface area is 149 Å².